The molecule has 2 aromatic carbocycles. The van der Waals surface area contributed by atoms with Crippen LogP contribution in [0.1, 0.15) is 11.3 Å². The first kappa shape index (κ1) is 16.6. The molecule has 3 nitrogen and oxygen atoms in total. The molecule has 0 unspecified atom stereocenters. The Kier molecular flexibility index (Phi) is 5.23. The highest BCUT2D eigenvalue weighted by Crippen LogP contribution is 2.25. The Morgan fingerprint density at radius 2 is 1.92 bits per heavy atom. The van der Waals surface area contributed by atoms with Crippen LogP contribution in [-0.4, -0.2) is 10.9 Å². The van der Waals surface area contributed by atoms with E-state index in [0.717, 1.165) is 10.6 Å². The number of amides is 1. The fourth-order valence-corrected chi connectivity index (χ4v) is 3.13. The highest BCUT2D eigenvalue weighted by atomic mass is 35.5. The van der Waals surface area contributed by atoms with E-state index in [4.69, 9.17) is 11.6 Å². The minimum absolute atomic E-state index is 0.165. The molecule has 0 radical (unpaired) electrons. The first-order chi connectivity index (χ1) is 11.6. The fourth-order valence-electron chi connectivity index (χ4n) is 2.18. The van der Waals surface area contributed by atoms with Crippen molar-refractivity contribution in [1.82, 2.24) is 10.3 Å². The highest BCUT2D eigenvalue weighted by molar-refractivity contribution is 7.13. The van der Waals surface area contributed by atoms with Crippen molar-refractivity contribution in [2.75, 3.05) is 0 Å². The lowest BCUT2D eigenvalue weighted by Crippen LogP contribution is -2.25. The van der Waals surface area contributed by atoms with Gasteiger partial charge in [0.1, 0.15) is 10.8 Å². The summed E-state index contributed by atoms with van der Waals surface area (Å²) in [5.41, 5.74) is 2.12. The smallest absolute Gasteiger partial charge is 0.226 e. The number of halogens is 2. The van der Waals surface area contributed by atoms with E-state index in [2.05, 4.69) is 10.3 Å². The number of nitrogens with zero attached hydrogens (tertiary/aromatic N) is 1. The van der Waals surface area contributed by atoms with Crippen molar-refractivity contribution < 1.29 is 9.18 Å². The molecule has 0 aliphatic rings. The molecule has 0 aliphatic heterocycles. The lowest BCUT2D eigenvalue weighted by molar-refractivity contribution is -0.120. The third kappa shape index (κ3) is 4.19. The molecule has 0 saturated carbocycles. The molecule has 6 heteroatoms. The number of thiazole rings is 1. The maximum absolute atomic E-state index is 13.5. The van der Waals surface area contributed by atoms with Crippen LogP contribution in [0.4, 0.5) is 4.39 Å². The van der Waals surface area contributed by atoms with E-state index in [0.29, 0.717) is 16.3 Å². The standard InChI is InChI=1S/C18H14ClFN2OS/c19-14-7-5-12(6-8-14)18-22-15(11-24-18)9-17(23)21-10-13-3-1-2-4-16(13)20/h1-8,11H,9-10H2,(H,21,23). The molecule has 1 amide bonds. The summed E-state index contributed by atoms with van der Waals surface area (Å²) < 4.78 is 13.5. The molecule has 3 rings (SSSR count). The summed E-state index contributed by atoms with van der Waals surface area (Å²) in [7, 11) is 0. The van der Waals surface area contributed by atoms with Gasteiger partial charge < -0.3 is 5.32 Å². The zero-order valence-electron chi connectivity index (χ0n) is 12.6. The summed E-state index contributed by atoms with van der Waals surface area (Å²) in [5.74, 6) is -0.511. The molecule has 0 atom stereocenters. The fraction of sp³-hybridized carbons (Fsp3) is 0.111. The highest BCUT2D eigenvalue weighted by Gasteiger charge is 2.10. The van der Waals surface area contributed by atoms with Crippen molar-refractivity contribution in [3.8, 4) is 10.6 Å². The number of hydrogen-bond donors (Lipinski definition) is 1. The van der Waals surface area contributed by atoms with Crippen molar-refractivity contribution in [3.05, 3.63) is 76.0 Å². The van der Waals surface area contributed by atoms with E-state index in [-0.39, 0.29) is 24.7 Å². The van der Waals surface area contributed by atoms with Crippen LogP contribution in [0.3, 0.4) is 0 Å². The Hall–Kier alpha value is -2.24. The summed E-state index contributed by atoms with van der Waals surface area (Å²) in [6, 6.07) is 13.8. The third-order valence-corrected chi connectivity index (χ3v) is 4.61. The Morgan fingerprint density at radius 1 is 1.17 bits per heavy atom. The molecule has 0 saturated heterocycles. The number of hydrogen-bond acceptors (Lipinski definition) is 3. The van der Waals surface area contributed by atoms with Crippen molar-refractivity contribution in [2.24, 2.45) is 0 Å². The average molecular weight is 361 g/mol. The van der Waals surface area contributed by atoms with E-state index in [1.807, 2.05) is 17.5 Å². The van der Waals surface area contributed by atoms with E-state index in [1.54, 1.807) is 30.3 Å². The van der Waals surface area contributed by atoms with Crippen LogP contribution in [0.5, 0.6) is 0 Å². The number of nitrogens with one attached hydrogen (secondary N) is 1. The maximum Gasteiger partial charge on any atom is 0.226 e. The third-order valence-electron chi connectivity index (χ3n) is 3.42. The first-order valence-electron chi connectivity index (χ1n) is 7.32. The van der Waals surface area contributed by atoms with E-state index in [1.165, 1.54) is 17.4 Å². The SMILES string of the molecule is O=C(Cc1csc(-c2ccc(Cl)cc2)n1)NCc1ccccc1F. The Balaban J connectivity index is 1.59. The molecule has 1 N–H and O–H groups in total. The van der Waals surface area contributed by atoms with Crippen LogP contribution < -0.4 is 5.32 Å². The molecule has 0 aliphatic carbocycles. The van der Waals surface area contributed by atoms with Gasteiger partial charge in [-0.05, 0) is 18.2 Å². The van der Waals surface area contributed by atoms with Gasteiger partial charge in [-0.15, -0.1) is 11.3 Å². The monoisotopic (exact) mass is 360 g/mol. The molecular weight excluding hydrogens is 347 g/mol. The second-order valence-corrected chi connectivity index (χ2v) is 6.49. The zero-order chi connectivity index (χ0) is 16.9. The van der Waals surface area contributed by atoms with Gasteiger partial charge in [-0.3, -0.25) is 4.79 Å². The van der Waals surface area contributed by atoms with Crippen LogP contribution >= 0.6 is 22.9 Å². The number of benzene rings is 2. The van der Waals surface area contributed by atoms with Gasteiger partial charge in [-0.25, -0.2) is 9.37 Å². The largest absolute Gasteiger partial charge is 0.352 e. The number of aromatic nitrogens is 1. The Labute approximate surface area is 148 Å². The summed E-state index contributed by atoms with van der Waals surface area (Å²) >= 11 is 7.35. The van der Waals surface area contributed by atoms with Gasteiger partial charge >= 0.3 is 0 Å². The van der Waals surface area contributed by atoms with Gasteiger partial charge in [0, 0.05) is 28.1 Å². The van der Waals surface area contributed by atoms with Gasteiger partial charge in [0.25, 0.3) is 0 Å². The Morgan fingerprint density at radius 3 is 2.67 bits per heavy atom. The molecule has 24 heavy (non-hydrogen) atoms. The summed E-state index contributed by atoms with van der Waals surface area (Å²) in [5, 5.41) is 6.07. The molecular formula is C18H14ClFN2OS. The maximum atomic E-state index is 13.5. The van der Waals surface area contributed by atoms with E-state index < -0.39 is 0 Å². The topological polar surface area (TPSA) is 42.0 Å². The number of carbonyl (C=O) groups is 1. The zero-order valence-corrected chi connectivity index (χ0v) is 14.2. The summed E-state index contributed by atoms with van der Waals surface area (Å²) in [6.45, 7) is 0.166. The Bertz CT molecular complexity index is 848. The number of carbonyl (C=O) groups excluding carboxylic acids is 1. The van der Waals surface area contributed by atoms with Crippen LogP contribution in [0.15, 0.2) is 53.9 Å². The van der Waals surface area contributed by atoms with Gasteiger partial charge in [0.15, 0.2) is 0 Å². The van der Waals surface area contributed by atoms with Crippen molar-refractivity contribution >= 4 is 28.8 Å². The van der Waals surface area contributed by atoms with Crippen molar-refractivity contribution in [2.45, 2.75) is 13.0 Å². The van der Waals surface area contributed by atoms with E-state index >= 15 is 0 Å². The predicted octanol–water partition coefficient (Wildman–Crippen LogP) is 4.46. The second-order valence-electron chi connectivity index (χ2n) is 5.20. The average Bonchev–Trinajstić information content (AvgIpc) is 3.03. The lowest BCUT2D eigenvalue weighted by Gasteiger charge is -2.05. The molecule has 0 fully saturated rings. The minimum atomic E-state index is -0.323. The van der Waals surface area contributed by atoms with Crippen LogP contribution in [0.25, 0.3) is 10.6 Å². The molecule has 0 spiro atoms. The normalized spacial score (nSPS) is 10.6. The van der Waals surface area contributed by atoms with Crippen molar-refractivity contribution in [3.63, 3.8) is 0 Å². The van der Waals surface area contributed by atoms with Crippen LogP contribution in [0.2, 0.25) is 5.02 Å². The van der Waals surface area contributed by atoms with E-state index in [9.17, 15) is 9.18 Å². The lowest BCUT2D eigenvalue weighted by atomic mass is 10.2. The molecule has 122 valence electrons. The van der Waals surface area contributed by atoms with Crippen LogP contribution in [0, 0.1) is 5.82 Å². The first-order valence-corrected chi connectivity index (χ1v) is 8.58. The van der Waals surface area contributed by atoms with Crippen molar-refractivity contribution in [1.29, 1.82) is 0 Å². The van der Waals surface area contributed by atoms with Gasteiger partial charge in [0.2, 0.25) is 5.91 Å². The number of rotatable bonds is 5. The summed E-state index contributed by atoms with van der Waals surface area (Å²) in [4.78, 5) is 16.5. The summed E-state index contributed by atoms with van der Waals surface area (Å²) in [6.07, 6.45) is 0.165. The van der Waals surface area contributed by atoms with Gasteiger partial charge in [-0.2, -0.15) is 0 Å². The molecule has 3 aromatic rings. The predicted molar refractivity (Wildman–Crippen MR) is 94.5 cm³/mol. The molecule has 1 heterocycles. The molecule has 0 bridgehead atoms. The quantitative estimate of drug-likeness (QED) is 0.729. The molecule has 1 aromatic heterocycles. The van der Waals surface area contributed by atoms with Gasteiger partial charge in [0.05, 0.1) is 12.1 Å². The second kappa shape index (κ2) is 7.55. The van der Waals surface area contributed by atoms with Gasteiger partial charge in [-0.1, -0.05) is 41.9 Å². The van der Waals surface area contributed by atoms with Crippen LogP contribution in [-0.2, 0) is 17.8 Å². The minimum Gasteiger partial charge on any atom is -0.352 e.